The number of nitrogens with zero attached hydrogens (tertiary/aromatic N) is 1. The van der Waals surface area contributed by atoms with Crippen molar-refractivity contribution in [3.63, 3.8) is 0 Å². The zero-order valence-electron chi connectivity index (χ0n) is 10.1. The van der Waals surface area contributed by atoms with Crippen molar-refractivity contribution in [3.05, 3.63) is 26.9 Å². The molecule has 1 aromatic rings. The van der Waals surface area contributed by atoms with Crippen molar-refractivity contribution < 1.29 is 5.11 Å². The molecule has 0 atom stereocenters. The standard InChI is InChI=1S/C12H18Br2N2O/c1-3-12(4-2,8-17)16-7-11-10(14)5-9(13)6-15-11/h5-6,16-17H,3-4,7-8H2,1-2H3. The van der Waals surface area contributed by atoms with E-state index in [0.29, 0.717) is 6.54 Å². The number of pyridine rings is 1. The Labute approximate surface area is 119 Å². The van der Waals surface area contributed by atoms with Gasteiger partial charge in [-0.3, -0.25) is 4.98 Å². The van der Waals surface area contributed by atoms with Crippen molar-refractivity contribution in [3.8, 4) is 0 Å². The minimum atomic E-state index is -0.200. The van der Waals surface area contributed by atoms with Crippen LogP contribution in [-0.4, -0.2) is 22.2 Å². The second kappa shape index (κ2) is 6.83. The quantitative estimate of drug-likeness (QED) is 0.813. The van der Waals surface area contributed by atoms with Crippen LogP contribution in [0, 0.1) is 0 Å². The third-order valence-corrected chi connectivity index (χ3v) is 4.29. The van der Waals surface area contributed by atoms with E-state index in [1.807, 2.05) is 6.07 Å². The SMILES string of the molecule is CCC(CC)(CO)NCc1ncc(Br)cc1Br. The molecule has 5 heteroatoms. The van der Waals surface area contributed by atoms with Gasteiger partial charge in [-0.05, 0) is 50.8 Å². The van der Waals surface area contributed by atoms with Crippen molar-refractivity contribution in [2.75, 3.05) is 6.61 Å². The Morgan fingerprint density at radius 3 is 2.47 bits per heavy atom. The molecule has 0 bridgehead atoms. The molecular weight excluding hydrogens is 348 g/mol. The molecule has 0 saturated carbocycles. The molecule has 17 heavy (non-hydrogen) atoms. The number of hydrogen-bond acceptors (Lipinski definition) is 3. The summed E-state index contributed by atoms with van der Waals surface area (Å²) in [6, 6.07) is 1.97. The summed E-state index contributed by atoms with van der Waals surface area (Å²) in [6.07, 6.45) is 3.57. The van der Waals surface area contributed by atoms with Crippen LogP contribution in [0.1, 0.15) is 32.4 Å². The van der Waals surface area contributed by atoms with E-state index in [1.54, 1.807) is 6.20 Å². The first-order chi connectivity index (χ1) is 8.06. The zero-order chi connectivity index (χ0) is 12.9. The lowest BCUT2D eigenvalue weighted by Crippen LogP contribution is -2.47. The molecule has 1 rings (SSSR count). The van der Waals surface area contributed by atoms with Gasteiger partial charge in [0.1, 0.15) is 0 Å². The average molecular weight is 366 g/mol. The predicted molar refractivity (Wildman–Crippen MR) is 76.9 cm³/mol. The monoisotopic (exact) mass is 364 g/mol. The summed E-state index contributed by atoms with van der Waals surface area (Å²) in [6.45, 7) is 4.96. The Kier molecular flexibility index (Phi) is 6.06. The molecule has 0 aliphatic heterocycles. The Hall–Kier alpha value is 0.0300. The molecule has 0 fully saturated rings. The maximum absolute atomic E-state index is 9.47. The van der Waals surface area contributed by atoms with Crippen LogP contribution in [0.2, 0.25) is 0 Å². The summed E-state index contributed by atoms with van der Waals surface area (Å²) in [7, 11) is 0. The van der Waals surface area contributed by atoms with Gasteiger partial charge in [0.15, 0.2) is 0 Å². The van der Waals surface area contributed by atoms with E-state index in [0.717, 1.165) is 27.5 Å². The summed E-state index contributed by atoms with van der Waals surface area (Å²) >= 11 is 6.86. The van der Waals surface area contributed by atoms with Crippen LogP contribution in [0.4, 0.5) is 0 Å². The van der Waals surface area contributed by atoms with E-state index in [-0.39, 0.29) is 12.1 Å². The normalized spacial score (nSPS) is 11.8. The van der Waals surface area contributed by atoms with Gasteiger partial charge < -0.3 is 10.4 Å². The van der Waals surface area contributed by atoms with Gasteiger partial charge >= 0.3 is 0 Å². The van der Waals surface area contributed by atoms with Crippen LogP contribution in [0.3, 0.4) is 0 Å². The van der Waals surface area contributed by atoms with Crippen LogP contribution in [0.5, 0.6) is 0 Å². The molecule has 0 radical (unpaired) electrons. The van der Waals surface area contributed by atoms with Crippen LogP contribution < -0.4 is 5.32 Å². The number of hydrogen-bond donors (Lipinski definition) is 2. The maximum Gasteiger partial charge on any atom is 0.0684 e. The van der Waals surface area contributed by atoms with Crippen LogP contribution in [-0.2, 0) is 6.54 Å². The van der Waals surface area contributed by atoms with Gasteiger partial charge in [-0.2, -0.15) is 0 Å². The van der Waals surface area contributed by atoms with E-state index >= 15 is 0 Å². The number of aliphatic hydroxyl groups excluding tert-OH is 1. The minimum absolute atomic E-state index is 0.147. The second-order valence-corrected chi connectivity index (χ2v) is 5.85. The molecular formula is C12H18Br2N2O. The fraction of sp³-hybridized carbons (Fsp3) is 0.583. The van der Waals surface area contributed by atoms with E-state index in [1.165, 1.54) is 0 Å². The first-order valence-electron chi connectivity index (χ1n) is 5.72. The number of halogens is 2. The molecule has 0 unspecified atom stereocenters. The molecule has 0 aliphatic rings. The van der Waals surface area contributed by atoms with Gasteiger partial charge in [0.2, 0.25) is 0 Å². The highest BCUT2D eigenvalue weighted by Gasteiger charge is 2.24. The molecule has 1 aromatic heterocycles. The van der Waals surface area contributed by atoms with Crippen molar-refractivity contribution in [2.24, 2.45) is 0 Å². The molecule has 0 spiro atoms. The Morgan fingerprint density at radius 1 is 1.35 bits per heavy atom. The summed E-state index contributed by atoms with van der Waals surface area (Å²) in [5, 5.41) is 12.9. The van der Waals surface area contributed by atoms with Crippen molar-refractivity contribution in [2.45, 2.75) is 38.8 Å². The van der Waals surface area contributed by atoms with Gasteiger partial charge in [-0.25, -0.2) is 0 Å². The number of aromatic nitrogens is 1. The largest absolute Gasteiger partial charge is 0.394 e. The van der Waals surface area contributed by atoms with Crippen molar-refractivity contribution in [1.29, 1.82) is 0 Å². The smallest absolute Gasteiger partial charge is 0.0684 e. The first-order valence-corrected chi connectivity index (χ1v) is 7.31. The van der Waals surface area contributed by atoms with Crippen molar-refractivity contribution in [1.82, 2.24) is 10.3 Å². The lowest BCUT2D eigenvalue weighted by Gasteiger charge is -2.30. The molecule has 2 N–H and O–H groups in total. The summed E-state index contributed by atoms with van der Waals surface area (Å²) in [4.78, 5) is 4.35. The van der Waals surface area contributed by atoms with Gasteiger partial charge in [-0.1, -0.05) is 13.8 Å². The van der Waals surface area contributed by atoms with Gasteiger partial charge in [0.05, 0.1) is 12.3 Å². The Morgan fingerprint density at radius 2 is 2.00 bits per heavy atom. The van der Waals surface area contributed by atoms with Crippen molar-refractivity contribution >= 4 is 31.9 Å². The van der Waals surface area contributed by atoms with Gasteiger partial charge in [-0.15, -0.1) is 0 Å². The molecule has 0 saturated heterocycles. The Balaban J connectivity index is 2.72. The lowest BCUT2D eigenvalue weighted by atomic mass is 9.94. The van der Waals surface area contributed by atoms with Gasteiger partial charge in [0.25, 0.3) is 0 Å². The third-order valence-electron chi connectivity index (χ3n) is 3.17. The van der Waals surface area contributed by atoms with Crippen LogP contribution >= 0.6 is 31.9 Å². The average Bonchev–Trinajstić information content (AvgIpc) is 2.33. The topological polar surface area (TPSA) is 45.1 Å². The molecule has 0 aromatic carbocycles. The molecule has 0 amide bonds. The highest BCUT2D eigenvalue weighted by Crippen LogP contribution is 2.21. The molecule has 96 valence electrons. The molecule has 3 nitrogen and oxygen atoms in total. The Bertz CT molecular complexity index is 359. The second-order valence-electron chi connectivity index (χ2n) is 4.08. The number of rotatable bonds is 6. The van der Waals surface area contributed by atoms with E-state index in [4.69, 9.17) is 0 Å². The number of aliphatic hydroxyl groups is 1. The van der Waals surface area contributed by atoms with E-state index in [2.05, 4.69) is 56.0 Å². The molecule has 0 aliphatic carbocycles. The van der Waals surface area contributed by atoms with Crippen LogP contribution in [0.25, 0.3) is 0 Å². The first kappa shape index (κ1) is 15.1. The third kappa shape index (κ3) is 4.02. The summed E-state index contributed by atoms with van der Waals surface area (Å²) in [5.74, 6) is 0. The molecule has 1 heterocycles. The summed E-state index contributed by atoms with van der Waals surface area (Å²) in [5.41, 5.74) is 0.752. The maximum atomic E-state index is 9.47. The highest BCUT2D eigenvalue weighted by atomic mass is 79.9. The summed E-state index contributed by atoms with van der Waals surface area (Å²) < 4.78 is 1.92. The van der Waals surface area contributed by atoms with E-state index < -0.39 is 0 Å². The minimum Gasteiger partial charge on any atom is -0.394 e. The fourth-order valence-electron chi connectivity index (χ4n) is 1.62. The lowest BCUT2D eigenvalue weighted by molar-refractivity contribution is 0.149. The van der Waals surface area contributed by atoms with Crippen LogP contribution in [0.15, 0.2) is 21.2 Å². The predicted octanol–water partition coefficient (Wildman–Crippen LogP) is 3.25. The van der Waals surface area contributed by atoms with Gasteiger partial charge in [0, 0.05) is 27.2 Å². The van der Waals surface area contributed by atoms with E-state index in [9.17, 15) is 5.11 Å². The number of nitrogens with one attached hydrogen (secondary N) is 1. The fourth-order valence-corrected chi connectivity index (χ4v) is 2.75. The highest BCUT2D eigenvalue weighted by molar-refractivity contribution is 9.11. The zero-order valence-corrected chi connectivity index (χ0v) is 13.3.